The fourth-order valence-corrected chi connectivity index (χ4v) is 3.19. The zero-order valence-electron chi connectivity index (χ0n) is 18.5. The molecule has 3 rings (SSSR count). The number of anilines is 1. The molecule has 174 valence electrons. The van der Waals surface area contributed by atoms with Crippen LogP contribution in [0.2, 0.25) is 0 Å². The van der Waals surface area contributed by atoms with Crippen LogP contribution in [0.3, 0.4) is 0 Å². The van der Waals surface area contributed by atoms with Crippen molar-refractivity contribution in [2.45, 2.75) is 6.61 Å². The third-order valence-electron chi connectivity index (χ3n) is 4.60. The van der Waals surface area contributed by atoms with Gasteiger partial charge in [-0.1, -0.05) is 36.4 Å². The first kappa shape index (κ1) is 24.4. The number of hydrogen-bond acceptors (Lipinski definition) is 7. The molecule has 0 aliphatic heterocycles. The van der Waals surface area contributed by atoms with Crippen molar-refractivity contribution in [3.05, 3.63) is 95.1 Å². The molecule has 2 N–H and O–H groups in total. The maximum atomic E-state index is 12.7. The van der Waals surface area contributed by atoms with Gasteiger partial charge in [-0.05, 0) is 54.2 Å². The van der Waals surface area contributed by atoms with Crippen LogP contribution in [0.15, 0.2) is 72.8 Å². The van der Waals surface area contributed by atoms with Gasteiger partial charge in [-0.15, -0.1) is 0 Å². The van der Waals surface area contributed by atoms with Gasteiger partial charge >= 0.3 is 11.9 Å². The van der Waals surface area contributed by atoms with E-state index in [0.717, 1.165) is 5.56 Å². The van der Waals surface area contributed by atoms with Crippen molar-refractivity contribution in [3.63, 3.8) is 0 Å². The molecule has 0 saturated carbocycles. The summed E-state index contributed by atoms with van der Waals surface area (Å²) in [6.07, 6.45) is 0. The molecule has 0 aliphatic rings. The topological polar surface area (TPSA) is 103 Å². The first-order valence-corrected chi connectivity index (χ1v) is 10.5. The number of ether oxygens (including phenoxy) is 3. The fourth-order valence-electron chi connectivity index (χ4n) is 2.98. The zero-order chi connectivity index (χ0) is 24.5. The molecule has 0 atom stereocenters. The molecular formula is C25H22N2O6S. The number of rotatable bonds is 7. The predicted molar refractivity (Wildman–Crippen MR) is 130 cm³/mol. The second-order valence-corrected chi connectivity index (χ2v) is 7.40. The SMILES string of the molecule is COC(=O)c1cc(NC(=S)NC(=O)c2cccc(OCc3ccccc3)c2)cc(C(=O)OC)c1. The normalized spacial score (nSPS) is 10.1. The molecule has 3 aromatic rings. The Kier molecular flexibility index (Phi) is 8.31. The Hall–Kier alpha value is -4.24. The van der Waals surface area contributed by atoms with Crippen LogP contribution >= 0.6 is 12.2 Å². The van der Waals surface area contributed by atoms with Crippen molar-refractivity contribution in [2.75, 3.05) is 19.5 Å². The molecule has 0 aromatic heterocycles. The van der Waals surface area contributed by atoms with E-state index in [2.05, 4.69) is 10.6 Å². The molecule has 8 nitrogen and oxygen atoms in total. The van der Waals surface area contributed by atoms with Crippen LogP contribution in [0.4, 0.5) is 5.69 Å². The number of benzene rings is 3. The van der Waals surface area contributed by atoms with Crippen molar-refractivity contribution >= 4 is 40.9 Å². The van der Waals surface area contributed by atoms with Crippen LogP contribution in [0.1, 0.15) is 36.6 Å². The van der Waals surface area contributed by atoms with Crippen molar-refractivity contribution in [1.29, 1.82) is 0 Å². The average molecular weight is 479 g/mol. The van der Waals surface area contributed by atoms with Gasteiger partial charge in [0.2, 0.25) is 0 Å². The second-order valence-electron chi connectivity index (χ2n) is 6.99. The maximum Gasteiger partial charge on any atom is 0.337 e. The summed E-state index contributed by atoms with van der Waals surface area (Å²) in [6, 6.07) is 20.6. The molecule has 0 unspecified atom stereocenters. The van der Waals surface area contributed by atoms with Gasteiger partial charge in [0, 0.05) is 11.3 Å². The van der Waals surface area contributed by atoms with Crippen molar-refractivity contribution < 1.29 is 28.6 Å². The highest BCUT2D eigenvalue weighted by molar-refractivity contribution is 7.80. The van der Waals surface area contributed by atoms with E-state index in [-0.39, 0.29) is 16.2 Å². The van der Waals surface area contributed by atoms with Gasteiger partial charge in [-0.2, -0.15) is 0 Å². The smallest absolute Gasteiger partial charge is 0.337 e. The first-order valence-electron chi connectivity index (χ1n) is 10.1. The van der Waals surface area contributed by atoms with Gasteiger partial charge in [0.1, 0.15) is 12.4 Å². The summed E-state index contributed by atoms with van der Waals surface area (Å²) in [5, 5.41) is 5.33. The van der Waals surface area contributed by atoms with E-state index in [1.807, 2.05) is 30.3 Å². The molecule has 0 heterocycles. The third-order valence-corrected chi connectivity index (χ3v) is 4.81. The molecule has 0 bridgehead atoms. The van der Waals surface area contributed by atoms with E-state index < -0.39 is 17.8 Å². The predicted octanol–water partition coefficient (Wildman–Crippen LogP) is 3.97. The molecule has 0 aliphatic carbocycles. The lowest BCUT2D eigenvalue weighted by atomic mass is 10.1. The van der Waals surface area contributed by atoms with Gasteiger partial charge in [-0.3, -0.25) is 10.1 Å². The standard InChI is InChI=1S/C25H22N2O6S/c1-31-23(29)18-11-19(24(30)32-2)13-20(12-18)26-25(34)27-22(28)17-9-6-10-21(14-17)33-15-16-7-4-3-5-8-16/h3-14H,15H2,1-2H3,(H2,26,27,28,34). The Morgan fingerprint density at radius 3 is 2.06 bits per heavy atom. The van der Waals surface area contributed by atoms with Gasteiger partial charge in [0.05, 0.1) is 25.3 Å². The molecule has 0 spiro atoms. The van der Waals surface area contributed by atoms with E-state index in [1.54, 1.807) is 24.3 Å². The van der Waals surface area contributed by atoms with Gasteiger partial charge in [0.15, 0.2) is 5.11 Å². The monoisotopic (exact) mass is 478 g/mol. The van der Waals surface area contributed by atoms with Crippen LogP contribution in [0.5, 0.6) is 5.75 Å². The Balaban J connectivity index is 1.67. The van der Waals surface area contributed by atoms with Crippen molar-refractivity contribution in [2.24, 2.45) is 0 Å². The summed E-state index contributed by atoms with van der Waals surface area (Å²) in [5.41, 5.74) is 1.88. The van der Waals surface area contributed by atoms with Crippen molar-refractivity contribution in [1.82, 2.24) is 5.32 Å². The number of methoxy groups -OCH3 is 2. The Morgan fingerprint density at radius 2 is 1.44 bits per heavy atom. The summed E-state index contributed by atoms with van der Waals surface area (Å²) in [7, 11) is 2.45. The van der Waals surface area contributed by atoms with E-state index >= 15 is 0 Å². The summed E-state index contributed by atoms with van der Waals surface area (Å²) < 4.78 is 15.2. The van der Waals surface area contributed by atoms with Gasteiger partial charge in [-0.25, -0.2) is 9.59 Å². The first-order chi connectivity index (χ1) is 16.4. The number of carbonyl (C=O) groups is 3. The Labute approximate surface area is 201 Å². The third kappa shape index (κ3) is 6.63. The minimum Gasteiger partial charge on any atom is -0.489 e. The molecule has 0 fully saturated rings. The summed E-state index contributed by atoms with van der Waals surface area (Å²) in [6.45, 7) is 0.366. The van der Waals surface area contributed by atoms with E-state index in [4.69, 9.17) is 26.4 Å². The minimum atomic E-state index is -0.643. The van der Waals surface area contributed by atoms with Gasteiger partial charge in [0.25, 0.3) is 5.91 Å². The van der Waals surface area contributed by atoms with E-state index in [0.29, 0.717) is 23.6 Å². The Morgan fingerprint density at radius 1 is 0.794 bits per heavy atom. The Bertz CT molecular complexity index is 1180. The lowest BCUT2D eigenvalue weighted by molar-refractivity contribution is 0.0599. The van der Waals surface area contributed by atoms with Gasteiger partial charge < -0.3 is 19.5 Å². The summed E-state index contributed by atoms with van der Waals surface area (Å²) in [5.74, 6) is -1.21. The molecule has 3 aromatic carbocycles. The van der Waals surface area contributed by atoms with E-state index in [9.17, 15) is 14.4 Å². The lowest BCUT2D eigenvalue weighted by Crippen LogP contribution is -2.34. The highest BCUT2D eigenvalue weighted by Gasteiger charge is 2.15. The number of amides is 1. The number of esters is 2. The molecule has 0 radical (unpaired) electrons. The molecule has 1 amide bonds. The summed E-state index contributed by atoms with van der Waals surface area (Å²) >= 11 is 5.23. The highest BCUT2D eigenvalue weighted by Crippen LogP contribution is 2.18. The molecular weight excluding hydrogens is 456 g/mol. The maximum absolute atomic E-state index is 12.7. The van der Waals surface area contributed by atoms with Crippen molar-refractivity contribution in [3.8, 4) is 5.75 Å². The number of hydrogen-bond donors (Lipinski definition) is 2. The molecule has 34 heavy (non-hydrogen) atoms. The largest absolute Gasteiger partial charge is 0.489 e. The van der Waals surface area contributed by atoms with Crippen LogP contribution < -0.4 is 15.4 Å². The second kappa shape index (κ2) is 11.6. The van der Waals surface area contributed by atoms with Crippen LogP contribution in [0, 0.1) is 0 Å². The zero-order valence-corrected chi connectivity index (χ0v) is 19.3. The van der Waals surface area contributed by atoms with Crippen LogP contribution in [-0.4, -0.2) is 37.2 Å². The van der Waals surface area contributed by atoms with E-state index in [1.165, 1.54) is 32.4 Å². The number of carbonyl (C=O) groups excluding carboxylic acids is 3. The highest BCUT2D eigenvalue weighted by atomic mass is 32.1. The van der Waals surface area contributed by atoms with Crippen LogP contribution in [0.25, 0.3) is 0 Å². The summed E-state index contributed by atoms with van der Waals surface area (Å²) in [4.78, 5) is 36.5. The lowest BCUT2D eigenvalue weighted by Gasteiger charge is -2.13. The number of nitrogens with one attached hydrogen (secondary N) is 2. The average Bonchev–Trinajstić information content (AvgIpc) is 2.86. The minimum absolute atomic E-state index is 0.0292. The molecule has 0 saturated heterocycles. The van der Waals surface area contributed by atoms with Crippen LogP contribution in [-0.2, 0) is 16.1 Å². The molecule has 9 heteroatoms. The fraction of sp³-hybridized carbons (Fsp3) is 0.120. The number of thiocarbonyl (C=S) groups is 1. The quantitative estimate of drug-likeness (QED) is 0.389.